The Kier molecular flexibility index (Phi) is 5.46. The molecule has 0 aromatic rings. The third kappa shape index (κ3) is 4.78. The summed E-state index contributed by atoms with van der Waals surface area (Å²) in [6, 6.07) is -0.477. The lowest BCUT2D eigenvalue weighted by atomic mass is 10.0. The fourth-order valence-corrected chi connectivity index (χ4v) is 1.88. The van der Waals surface area contributed by atoms with Crippen molar-refractivity contribution < 1.29 is 24.2 Å². The number of nitrogens with zero attached hydrogens (tertiary/aromatic N) is 2. The SMILES string of the molecule is CN1CCN(C(=O)NC(=O)COCC(=O)O)CC1(C)C. The van der Waals surface area contributed by atoms with E-state index in [1.165, 1.54) is 0 Å². The maximum absolute atomic E-state index is 11.9. The quantitative estimate of drug-likeness (QED) is 0.713. The zero-order chi connectivity index (χ0) is 15.3. The Balaban J connectivity index is 2.39. The predicted octanol–water partition coefficient (Wildman–Crippen LogP) is -0.650. The summed E-state index contributed by atoms with van der Waals surface area (Å²) < 4.78 is 4.61. The van der Waals surface area contributed by atoms with Crippen LogP contribution in [0, 0.1) is 0 Å². The molecule has 0 aromatic carbocycles. The molecule has 0 saturated carbocycles. The average Bonchev–Trinajstić information content (AvgIpc) is 2.31. The van der Waals surface area contributed by atoms with E-state index in [1.54, 1.807) is 4.90 Å². The number of carbonyl (C=O) groups is 3. The lowest BCUT2D eigenvalue weighted by molar-refractivity contribution is -0.143. The number of hydrogen-bond donors (Lipinski definition) is 2. The number of piperazine rings is 1. The number of aliphatic carboxylic acids is 1. The summed E-state index contributed by atoms with van der Waals surface area (Å²) in [5, 5.41) is 10.5. The van der Waals surface area contributed by atoms with Crippen LogP contribution in [-0.2, 0) is 14.3 Å². The smallest absolute Gasteiger partial charge is 0.329 e. The second-order valence-corrected chi connectivity index (χ2v) is 5.40. The van der Waals surface area contributed by atoms with Gasteiger partial charge in [-0.25, -0.2) is 9.59 Å². The van der Waals surface area contributed by atoms with Gasteiger partial charge < -0.3 is 14.7 Å². The van der Waals surface area contributed by atoms with Gasteiger partial charge in [-0.15, -0.1) is 0 Å². The maximum atomic E-state index is 11.9. The van der Waals surface area contributed by atoms with Crippen molar-refractivity contribution in [2.45, 2.75) is 19.4 Å². The summed E-state index contributed by atoms with van der Waals surface area (Å²) in [7, 11) is 1.99. The van der Waals surface area contributed by atoms with Gasteiger partial charge in [0.15, 0.2) is 0 Å². The first-order valence-corrected chi connectivity index (χ1v) is 6.32. The summed E-state index contributed by atoms with van der Waals surface area (Å²) in [6.07, 6.45) is 0. The average molecular weight is 287 g/mol. The van der Waals surface area contributed by atoms with Crippen LogP contribution in [0.15, 0.2) is 0 Å². The number of amides is 3. The van der Waals surface area contributed by atoms with E-state index in [0.29, 0.717) is 13.1 Å². The molecule has 1 heterocycles. The fraction of sp³-hybridized carbons (Fsp3) is 0.750. The van der Waals surface area contributed by atoms with Gasteiger partial charge in [0.25, 0.3) is 5.91 Å². The van der Waals surface area contributed by atoms with Crippen molar-refractivity contribution in [2.75, 3.05) is 39.9 Å². The van der Waals surface area contributed by atoms with Gasteiger partial charge in [0.1, 0.15) is 13.2 Å². The third-order valence-electron chi connectivity index (χ3n) is 3.31. The summed E-state index contributed by atoms with van der Waals surface area (Å²) >= 11 is 0. The molecule has 0 spiro atoms. The molecule has 0 unspecified atom stereocenters. The molecule has 20 heavy (non-hydrogen) atoms. The Bertz CT molecular complexity index is 397. The van der Waals surface area contributed by atoms with Gasteiger partial charge in [-0.05, 0) is 20.9 Å². The minimum Gasteiger partial charge on any atom is -0.480 e. The molecule has 0 bridgehead atoms. The van der Waals surface area contributed by atoms with Crippen LogP contribution < -0.4 is 5.32 Å². The highest BCUT2D eigenvalue weighted by molar-refractivity contribution is 5.95. The van der Waals surface area contributed by atoms with Crippen LogP contribution in [0.25, 0.3) is 0 Å². The Hall–Kier alpha value is -1.67. The van der Waals surface area contributed by atoms with Crippen molar-refractivity contribution >= 4 is 17.9 Å². The molecule has 0 aromatic heterocycles. The lowest BCUT2D eigenvalue weighted by Gasteiger charge is -2.45. The van der Waals surface area contributed by atoms with Crippen LogP contribution in [-0.4, -0.2) is 78.2 Å². The summed E-state index contributed by atoms with van der Waals surface area (Å²) in [5.41, 5.74) is -0.154. The minimum absolute atomic E-state index is 0.154. The van der Waals surface area contributed by atoms with Gasteiger partial charge in [-0.1, -0.05) is 0 Å². The molecule has 1 aliphatic rings. The van der Waals surface area contributed by atoms with Crippen molar-refractivity contribution in [1.82, 2.24) is 15.1 Å². The number of rotatable bonds is 4. The largest absolute Gasteiger partial charge is 0.480 e. The molecular formula is C12H21N3O5. The van der Waals surface area contributed by atoms with Gasteiger partial charge in [0.2, 0.25) is 0 Å². The van der Waals surface area contributed by atoms with E-state index < -0.39 is 31.1 Å². The van der Waals surface area contributed by atoms with Gasteiger partial charge in [0, 0.05) is 25.2 Å². The van der Waals surface area contributed by atoms with Crippen molar-refractivity contribution in [3.8, 4) is 0 Å². The normalized spacial score (nSPS) is 18.6. The molecular weight excluding hydrogens is 266 g/mol. The maximum Gasteiger partial charge on any atom is 0.329 e. The number of carbonyl (C=O) groups excluding carboxylic acids is 2. The molecule has 0 aliphatic carbocycles. The second kappa shape index (κ2) is 6.67. The van der Waals surface area contributed by atoms with Crippen molar-refractivity contribution in [3.05, 3.63) is 0 Å². The van der Waals surface area contributed by atoms with Crippen LogP contribution in [0.3, 0.4) is 0 Å². The van der Waals surface area contributed by atoms with Crippen molar-refractivity contribution in [2.24, 2.45) is 0 Å². The third-order valence-corrected chi connectivity index (χ3v) is 3.31. The van der Waals surface area contributed by atoms with Crippen LogP contribution in [0.4, 0.5) is 4.79 Å². The van der Waals surface area contributed by atoms with E-state index in [1.807, 2.05) is 20.9 Å². The first-order valence-electron chi connectivity index (χ1n) is 6.32. The van der Waals surface area contributed by atoms with Gasteiger partial charge in [-0.2, -0.15) is 0 Å². The molecule has 8 nitrogen and oxygen atoms in total. The standard InChI is InChI=1S/C12H21N3O5/c1-12(2)8-15(5-4-14(12)3)11(19)13-9(16)6-20-7-10(17)18/h4-8H2,1-3H3,(H,17,18)(H,13,16,19). The second-order valence-electron chi connectivity index (χ2n) is 5.40. The highest BCUT2D eigenvalue weighted by Crippen LogP contribution is 2.18. The number of imide groups is 1. The number of ether oxygens (including phenoxy) is 1. The molecule has 114 valence electrons. The topological polar surface area (TPSA) is 99.2 Å². The Morgan fingerprint density at radius 2 is 1.90 bits per heavy atom. The van der Waals surface area contributed by atoms with E-state index in [4.69, 9.17) is 5.11 Å². The lowest BCUT2D eigenvalue weighted by Crippen LogP contribution is -2.61. The highest BCUT2D eigenvalue weighted by atomic mass is 16.5. The van der Waals surface area contributed by atoms with Gasteiger partial charge in [-0.3, -0.25) is 15.0 Å². The number of carboxylic acids is 1. The van der Waals surface area contributed by atoms with E-state index in [0.717, 1.165) is 6.54 Å². The minimum atomic E-state index is -1.16. The Labute approximate surface area is 117 Å². The molecule has 3 amide bonds. The molecule has 0 atom stereocenters. The van der Waals surface area contributed by atoms with Crippen LogP contribution >= 0.6 is 0 Å². The van der Waals surface area contributed by atoms with Crippen LogP contribution in [0.2, 0.25) is 0 Å². The predicted molar refractivity (Wildman–Crippen MR) is 70.3 cm³/mol. The molecule has 1 fully saturated rings. The molecule has 2 N–H and O–H groups in total. The number of urea groups is 1. The van der Waals surface area contributed by atoms with Crippen LogP contribution in [0.5, 0.6) is 0 Å². The van der Waals surface area contributed by atoms with E-state index in [2.05, 4.69) is 15.0 Å². The summed E-state index contributed by atoms with van der Waals surface area (Å²) in [5.74, 6) is -1.81. The fourth-order valence-electron chi connectivity index (χ4n) is 1.88. The van der Waals surface area contributed by atoms with Crippen LogP contribution in [0.1, 0.15) is 13.8 Å². The first-order chi connectivity index (χ1) is 9.22. The van der Waals surface area contributed by atoms with Crippen molar-refractivity contribution in [3.63, 3.8) is 0 Å². The van der Waals surface area contributed by atoms with Gasteiger partial charge >= 0.3 is 12.0 Å². The molecule has 8 heteroatoms. The monoisotopic (exact) mass is 287 g/mol. The molecule has 1 rings (SSSR count). The molecule has 0 radical (unpaired) electrons. The van der Waals surface area contributed by atoms with Gasteiger partial charge in [0.05, 0.1) is 0 Å². The highest BCUT2D eigenvalue weighted by Gasteiger charge is 2.33. The number of likely N-dealkylation sites (N-methyl/N-ethyl adjacent to an activating group) is 1. The Morgan fingerprint density at radius 1 is 1.25 bits per heavy atom. The number of carboxylic acid groups (broad SMARTS) is 1. The van der Waals surface area contributed by atoms with E-state index in [9.17, 15) is 14.4 Å². The van der Waals surface area contributed by atoms with Crippen molar-refractivity contribution in [1.29, 1.82) is 0 Å². The molecule has 1 saturated heterocycles. The molecule has 1 aliphatic heterocycles. The Morgan fingerprint density at radius 3 is 2.45 bits per heavy atom. The first kappa shape index (κ1) is 16.4. The number of nitrogens with one attached hydrogen (secondary N) is 1. The van der Waals surface area contributed by atoms with E-state index >= 15 is 0 Å². The zero-order valence-corrected chi connectivity index (χ0v) is 12.0. The summed E-state index contributed by atoms with van der Waals surface area (Å²) in [6.45, 7) is 4.80. The van der Waals surface area contributed by atoms with E-state index in [-0.39, 0.29) is 5.54 Å². The zero-order valence-electron chi connectivity index (χ0n) is 12.0. The summed E-state index contributed by atoms with van der Waals surface area (Å²) in [4.78, 5) is 37.2. The number of hydrogen-bond acceptors (Lipinski definition) is 5.